The lowest BCUT2D eigenvalue weighted by molar-refractivity contribution is -0.127. The van der Waals surface area contributed by atoms with Gasteiger partial charge in [-0.1, -0.05) is 5.87 Å². The molecule has 1 aliphatic heterocycles. The van der Waals surface area contributed by atoms with Crippen molar-refractivity contribution in [3.05, 3.63) is 0 Å². The molecule has 1 fully saturated rings. The van der Waals surface area contributed by atoms with Crippen molar-refractivity contribution in [2.24, 2.45) is 0 Å². The van der Waals surface area contributed by atoms with Crippen LogP contribution in [-0.2, 0) is 4.79 Å². The topological polar surface area (TPSA) is 20.3 Å². The van der Waals surface area contributed by atoms with Gasteiger partial charge in [0.25, 0.3) is 0 Å². The third-order valence-corrected chi connectivity index (χ3v) is 2.79. The number of carbonyl (C=O) groups excluding carboxylic acids is 1. The standard InChI is InChI=1S/C7H13NOS/c1-3-8-5-4-6(10-2)7(8)9/h6,10H,2-5H2,1H3. The maximum absolute atomic E-state index is 11.2. The molecule has 0 aromatic rings. The Labute approximate surface area is 65.2 Å². The smallest absolute Gasteiger partial charge is 0.234 e. The number of thiol groups is 1. The number of rotatable bonds is 2. The van der Waals surface area contributed by atoms with Gasteiger partial charge in [0.2, 0.25) is 5.91 Å². The second kappa shape index (κ2) is 3.19. The zero-order valence-electron chi connectivity index (χ0n) is 6.21. The van der Waals surface area contributed by atoms with Gasteiger partial charge in [0, 0.05) is 13.1 Å². The highest BCUT2D eigenvalue weighted by Gasteiger charge is 2.27. The van der Waals surface area contributed by atoms with Crippen molar-refractivity contribution in [2.45, 2.75) is 18.6 Å². The predicted octanol–water partition coefficient (Wildman–Crippen LogP) is 0.505. The van der Waals surface area contributed by atoms with E-state index in [0.29, 0.717) is 5.91 Å². The molecule has 1 amide bonds. The zero-order chi connectivity index (χ0) is 7.56. The second-order valence-electron chi connectivity index (χ2n) is 2.40. The minimum absolute atomic E-state index is 0.194. The van der Waals surface area contributed by atoms with Crippen LogP contribution in [-0.4, -0.2) is 35.0 Å². The summed E-state index contributed by atoms with van der Waals surface area (Å²) in [6, 6.07) is 0. The molecule has 10 heavy (non-hydrogen) atoms. The summed E-state index contributed by atoms with van der Waals surface area (Å²) in [5.74, 6) is 4.00. The van der Waals surface area contributed by atoms with Crippen LogP contribution in [0.25, 0.3) is 0 Å². The fourth-order valence-corrected chi connectivity index (χ4v) is 1.82. The molecule has 0 bridgehead atoms. The van der Waals surface area contributed by atoms with Gasteiger partial charge in [-0.05, 0) is 13.3 Å². The van der Waals surface area contributed by atoms with Gasteiger partial charge >= 0.3 is 0 Å². The molecule has 2 nitrogen and oxygen atoms in total. The summed E-state index contributed by atoms with van der Waals surface area (Å²) in [6.07, 6.45) is 0.998. The molecular formula is C7H13NOS. The van der Waals surface area contributed by atoms with Crippen LogP contribution in [0.5, 0.6) is 0 Å². The highest BCUT2D eigenvalue weighted by atomic mass is 32.1. The first-order valence-electron chi connectivity index (χ1n) is 3.54. The molecule has 1 saturated heterocycles. The summed E-state index contributed by atoms with van der Waals surface area (Å²) < 4.78 is 0. The Morgan fingerprint density at radius 3 is 2.90 bits per heavy atom. The Balaban J connectivity index is 2.57. The summed E-state index contributed by atoms with van der Waals surface area (Å²) in [7, 11) is 0. The number of likely N-dealkylation sites (tertiary alicyclic amines) is 1. The van der Waals surface area contributed by atoms with Crippen LogP contribution in [0.1, 0.15) is 13.3 Å². The first kappa shape index (κ1) is 7.79. The SMILES string of the molecule is C=[SH]C1CCN(CC)C1=O. The highest BCUT2D eigenvalue weighted by molar-refractivity contribution is 7.97. The summed E-state index contributed by atoms with van der Waals surface area (Å²) in [5, 5.41) is 0.194. The van der Waals surface area contributed by atoms with Crippen molar-refractivity contribution in [3.63, 3.8) is 0 Å². The van der Waals surface area contributed by atoms with Crippen molar-refractivity contribution < 1.29 is 4.79 Å². The van der Waals surface area contributed by atoms with Gasteiger partial charge in [-0.2, -0.15) is 11.4 Å². The molecule has 1 rings (SSSR count). The predicted molar refractivity (Wildman–Crippen MR) is 46.8 cm³/mol. The van der Waals surface area contributed by atoms with Crippen molar-refractivity contribution in [2.75, 3.05) is 13.1 Å². The van der Waals surface area contributed by atoms with E-state index in [1.165, 1.54) is 0 Å². The van der Waals surface area contributed by atoms with Gasteiger partial charge in [0.05, 0.1) is 5.25 Å². The molecule has 3 heteroatoms. The fraction of sp³-hybridized carbons (Fsp3) is 0.714. The van der Waals surface area contributed by atoms with E-state index in [9.17, 15) is 4.79 Å². The van der Waals surface area contributed by atoms with Crippen LogP contribution in [0.2, 0.25) is 0 Å². The van der Waals surface area contributed by atoms with Crippen LogP contribution < -0.4 is 0 Å². The third-order valence-electron chi connectivity index (χ3n) is 1.87. The number of hydrogen-bond acceptors (Lipinski definition) is 1. The van der Waals surface area contributed by atoms with Gasteiger partial charge in [-0.3, -0.25) is 4.79 Å². The number of nitrogens with zero attached hydrogens (tertiary/aromatic N) is 1. The largest absolute Gasteiger partial charge is 0.342 e. The summed E-state index contributed by atoms with van der Waals surface area (Å²) >= 11 is 0.979. The molecule has 0 spiro atoms. The number of hydrogen-bond donors (Lipinski definition) is 1. The molecule has 0 aromatic carbocycles. The van der Waals surface area contributed by atoms with Crippen LogP contribution in [0.4, 0.5) is 0 Å². The van der Waals surface area contributed by atoms with Crippen molar-refractivity contribution >= 4 is 23.1 Å². The quantitative estimate of drug-likeness (QED) is 0.459. The Hall–Kier alpha value is -0.310. The first-order chi connectivity index (χ1) is 4.79. The summed E-state index contributed by atoms with van der Waals surface area (Å²) in [5.41, 5.74) is 0. The van der Waals surface area contributed by atoms with Crippen molar-refractivity contribution in [3.8, 4) is 0 Å². The lowest BCUT2D eigenvalue weighted by Gasteiger charge is -2.11. The third kappa shape index (κ3) is 1.24. The van der Waals surface area contributed by atoms with E-state index < -0.39 is 0 Å². The van der Waals surface area contributed by atoms with E-state index in [2.05, 4.69) is 5.87 Å². The van der Waals surface area contributed by atoms with Gasteiger partial charge < -0.3 is 4.90 Å². The molecule has 0 aliphatic carbocycles. The Kier molecular flexibility index (Phi) is 2.49. The first-order valence-corrected chi connectivity index (χ1v) is 4.69. The normalized spacial score (nSPS) is 25.9. The number of amides is 1. The average Bonchev–Trinajstić information content (AvgIpc) is 2.30. The van der Waals surface area contributed by atoms with Gasteiger partial charge in [-0.25, -0.2) is 0 Å². The Bertz CT molecular complexity index is 158. The molecule has 1 atom stereocenters. The van der Waals surface area contributed by atoms with E-state index in [4.69, 9.17) is 0 Å². The van der Waals surface area contributed by atoms with Crippen LogP contribution in [0.3, 0.4) is 0 Å². The van der Waals surface area contributed by atoms with Crippen LogP contribution in [0, 0.1) is 0 Å². The lowest BCUT2D eigenvalue weighted by atomic mass is 10.4. The van der Waals surface area contributed by atoms with Crippen LogP contribution >= 0.6 is 11.4 Å². The molecule has 0 saturated carbocycles. The molecule has 58 valence electrons. The lowest BCUT2D eigenvalue weighted by Crippen LogP contribution is -2.27. The Morgan fingerprint density at radius 2 is 2.60 bits per heavy atom. The van der Waals surface area contributed by atoms with E-state index >= 15 is 0 Å². The summed E-state index contributed by atoms with van der Waals surface area (Å²) in [6.45, 7) is 3.80. The highest BCUT2D eigenvalue weighted by Crippen LogP contribution is 2.17. The molecule has 0 radical (unpaired) electrons. The number of carbonyl (C=O) groups is 1. The Morgan fingerprint density at radius 1 is 1.90 bits per heavy atom. The molecule has 0 aromatic heterocycles. The van der Waals surface area contributed by atoms with Crippen LogP contribution in [0.15, 0.2) is 0 Å². The van der Waals surface area contributed by atoms with E-state index in [1.54, 1.807) is 0 Å². The molecule has 1 heterocycles. The molecule has 0 N–H and O–H groups in total. The van der Waals surface area contributed by atoms with Crippen molar-refractivity contribution in [1.82, 2.24) is 4.90 Å². The van der Waals surface area contributed by atoms with Gasteiger partial charge in [0.1, 0.15) is 0 Å². The maximum atomic E-state index is 11.2. The van der Waals surface area contributed by atoms with E-state index in [-0.39, 0.29) is 5.25 Å². The molecule has 1 aliphatic rings. The fourth-order valence-electron chi connectivity index (χ4n) is 1.21. The minimum atomic E-state index is 0.194. The average molecular weight is 159 g/mol. The minimum Gasteiger partial charge on any atom is -0.342 e. The summed E-state index contributed by atoms with van der Waals surface area (Å²) in [4.78, 5) is 13.1. The van der Waals surface area contributed by atoms with Gasteiger partial charge in [-0.15, -0.1) is 0 Å². The van der Waals surface area contributed by atoms with Crippen molar-refractivity contribution in [1.29, 1.82) is 0 Å². The maximum Gasteiger partial charge on any atom is 0.234 e. The van der Waals surface area contributed by atoms with E-state index in [1.807, 2.05) is 11.8 Å². The molecular weight excluding hydrogens is 146 g/mol. The monoisotopic (exact) mass is 159 g/mol. The second-order valence-corrected chi connectivity index (χ2v) is 3.39. The van der Waals surface area contributed by atoms with E-state index in [0.717, 1.165) is 30.9 Å². The zero-order valence-corrected chi connectivity index (χ0v) is 7.10. The van der Waals surface area contributed by atoms with Gasteiger partial charge in [0.15, 0.2) is 0 Å². The molecule has 1 unspecified atom stereocenters.